The molecule has 2 aromatic heterocycles. The number of pyridine rings is 1. The van der Waals surface area contributed by atoms with E-state index >= 15 is 0 Å². The maximum atomic E-state index is 5.92. The van der Waals surface area contributed by atoms with Crippen molar-refractivity contribution in [2.24, 2.45) is 0 Å². The highest BCUT2D eigenvalue weighted by Crippen LogP contribution is 2.30. The number of methoxy groups -OCH3 is 1. The first-order valence-electron chi connectivity index (χ1n) is 6.76. The largest absolute Gasteiger partial charge is 0.497 e. The van der Waals surface area contributed by atoms with Crippen LogP contribution in [0.15, 0.2) is 36.4 Å². The number of anilines is 2. The summed E-state index contributed by atoms with van der Waals surface area (Å²) in [5.41, 5.74) is 12.9. The molecule has 0 spiro atoms. The monoisotopic (exact) mass is 291 g/mol. The Morgan fingerprint density at radius 1 is 0.864 bits per heavy atom. The van der Waals surface area contributed by atoms with Gasteiger partial charge in [0.05, 0.1) is 18.0 Å². The van der Waals surface area contributed by atoms with Crippen LogP contribution in [0.3, 0.4) is 0 Å². The molecule has 0 saturated carbocycles. The Hall–Kier alpha value is -3.15. The summed E-state index contributed by atoms with van der Waals surface area (Å²) in [6.07, 6.45) is 0. The van der Waals surface area contributed by atoms with Crippen LogP contribution in [0.4, 0.5) is 11.8 Å². The summed E-state index contributed by atoms with van der Waals surface area (Å²) in [5.74, 6) is 1.24. The number of ether oxygens (including phenoxy) is 1. The van der Waals surface area contributed by atoms with E-state index in [4.69, 9.17) is 16.2 Å². The summed E-state index contributed by atoms with van der Waals surface area (Å²) in [5, 5.41) is 3.74. The highest BCUT2D eigenvalue weighted by molar-refractivity contribution is 6.09. The third-order valence-corrected chi connectivity index (χ3v) is 3.72. The van der Waals surface area contributed by atoms with E-state index in [1.54, 1.807) is 7.11 Å². The summed E-state index contributed by atoms with van der Waals surface area (Å²) < 4.78 is 5.30. The molecule has 4 rings (SSSR count). The molecule has 0 aliphatic rings. The molecule has 0 aliphatic heterocycles. The molecule has 22 heavy (non-hydrogen) atoms. The van der Waals surface area contributed by atoms with Gasteiger partial charge >= 0.3 is 0 Å². The van der Waals surface area contributed by atoms with Gasteiger partial charge in [-0.2, -0.15) is 9.97 Å². The predicted octanol–water partition coefficient (Wildman–Crippen LogP) is 2.50. The van der Waals surface area contributed by atoms with Crippen LogP contribution in [0.1, 0.15) is 0 Å². The zero-order chi connectivity index (χ0) is 15.3. The van der Waals surface area contributed by atoms with Gasteiger partial charge < -0.3 is 16.2 Å². The Balaban J connectivity index is 2.18. The van der Waals surface area contributed by atoms with Crippen molar-refractivity contribution in [1.29, 1.82) is 0 Å². The minimum atomic E-state index is 0.120. The zero-order valence-electron chi connectivity index (χ0n) is 11.9. The summed E-state index contributed by atoms with van der Waals surface area (Å²) in [4.78, 5) is 12.8. The van der Waals surface area contributed by atoms with E-state index < -0.39 is 0 Å². The Morgan fingerprint density at radius 3 is 2.45 bits per heavy atom. The van der Waals surface area contributed by atoms with Gasteiger partial charge in [-0.05, 0) is 23.6 Å². The number of hydrogen-bond acceptors (Lipinski definition) is 6. The van der Waals surface area contributed by atoms with Gasteiger partial charge in [0.15, 0.2) is 5.65 Å². The van der Waals surface area contributed by atoms with Crippen molar-refractivity contribution in [2.45, 2.75) is 0 Å². The van der Waals surface area contributed by atoms with Crippen molar-refractivity contribution < 1.29 is 4.74 Å². The predicted molar refractivity (Wildman–Crippen MR) is 87.7 cm³/mol. The van der Waals surface area contributed by atoms with E-state index in [9.17, 15) is 0 Å². The van der Waals surface area contributed by atoms with E-state index in [1.807, 2.05) is 36.4 Å². The Labute approximate surface area is 125 Å². The number of benzene rings is 2. The lowest BCUT2D eigenvalue weighted by Gasteiger charge is -2.08. The summed E-state index contributed by atoms with van der Waals surface area (Å²) in [6, 6.07) is 11.9. The Bertz CT molecular complexity index is 1040. The third-order valence-electron chi connectivity index (χ3n) is 3.72. The van der Waals surface area contributed by atoms with Crippen molar-refractivity contribution in [2.75, 3.05) is 18.6 Å². The lowest BCUT2D eigenvalue weighted by atomic mass is 10.0. The topological polar surface area (TPSA) is 99.9 Å². The first-order valence-corrected chi connectivity index (χ1v) is 6.76. The molecule has 2 aromatic carbocycles. The number of nitrogens with zero attached hydrogens (tertiary/aromatic N) is 3. The molecule has 108 valence electrons. The van der Waals surface area contributed by atoms with Gasteiger partial charge in [-0.25, -0.2) is 4.98 Å². The number of rotatable bonds is 1. The van der Waals surface area contributed by atoms with Gasteiger partial charge in [0.1, 0.15) is 11.6 Å². The van der Waals surface area contributed by atoms with E-state index in [0.717, 1.165) is 27.4 Å². The highest BCUT2D eigenvalue weighted by Gasteiger charge is 2.09. The fourth-order valence-corrected chi connectivity index (χ4v) is 2.65. The quantitative estimate of drug-likeness (QED) is 0.413. The van der Waals surface area contributed by atoms with Crippen LogP contribution in [0.25, 0.3) is 32.7 Å². The van der Waals surface area contributed by atoms with Crippen molar-refractivity contribution in [1.82, 2.24) is 15.0 Å². The van der Waals surface area contributed by atoms with Crippen molar-refractivity contribution in [3.05, 3.63) is 36.4 Å². The second kappa shape index (κ2) is 4.42. The average molecular weight is 291 g/mol. The third kappa shape index (κ3) is 1.77. The molecule has 0 fully saturated rings. The van der Waals surface area contributed by atoms with Crippen molar-refractivity contribution in [3.8, 4) is 5.75 Å². The van der Waals surface area contributed by atoms with E-state index in [1.165, 1.54) is 0 Å². The lowest BCUT2D eigenvalue weighted by molar-refractivity contribution is 0.415. The maximum Gasteiger partial charge on any atom is 0.224 e. The number of nitrogen functional groups attached to an aromatic ring is 2. The van der Waals surface area contributed by atoms with Crippen LogP contribution in [-0.2, 0) is 0 Å². The summed E-state index contributed by atoms with van der Waals surface area (Å²) >= 11 is 0. The molecule has 6 heteroatoms. The van der Waals surface area contributed by atoms with Gasteiger partial charge in [0.25, 0.3) is 0 Å². The molecule has 6 nitrogen and oxygen atoms in total. The van der Waals surface area contributed by atoms with Crippen LogP contribution in [0.2, 0.25) is 0 Å². The van der Waals surface area contributed by atoms with Crippen LogP contribution >= 0.6 is 0 Å². The summed E-state index contributed by atoms with van der Waals surface area (Å²) in [7, 11) is 1.64. The molecule has 0 atom stereocenters. The fourth-order valence-electron chi connectivity index (χ4n) is 2.65. The molecule has 2 heterocycles. The molecule has 0 unspecified atom stereocenters. The molecule has 0 radical (unpaired) electrons. The molecule has 4 N–H and O–H groups in total. The number of nitrogens with two attached hydrogens (primary N) is 2. The molecular formula is C16H13N5O. The lowest BCUT2D eigenvalue weighted by Crippen LogP contribution is -2.01. The standard InChI is InChI=1S/C16H13N5O/c1-22-10-5-4-8-2-3-9-6-12-14(17)20-16(18)21-15(12)19-13(9)11(8)7-10/h2-7H,1H3,(H4,17,18,19,20,21). The van der Waals surface area contributed by atoms with Crippen LogP contribution in [0, 0.1) is 0 Å². The number of aromatic nitrogens is 3. The first kappa shape index (κ1) is 12.6. The van der Waals surface area contributed by atoms with Gasteiger partial charge in [0.2, 0.25) is 5.95 Å². The first-order chi connectivity index (χ1) is 10.7. The molecule has 0 amide bonds. The van der Waals surface area contributed by atoms with Crippen LogP contribution in [-0.4, -0.2) is 22.1 Å². The van der Waals surface area contributed by atoms with Gasteiger partial charge in [-0.3, -0.25) is 0 Å². The SMILES string of the molecule is COc1ccc2ccc3cc4c(N)nc(N)nc4nc3c2c1. The fraction of sp³-hybridized carbons (Fsp3) is 0.0625. The maximum absolute atomic E-state index is 5.92. The Kier molecular flexibility index (Phi) is 2.53. The van der Waals surface area contributed by atoms with E-state index in [0.29, 0.717) is 16.9 Å². The smallest absolute Gasteiger partial charge is 0.224 e. The van der Waals surface area contributed by atoms with Crippen molar-refractivity contribution >= 4 is 44.5 Å². The second-order valence-electron chi connectivity index (χ2n) is 5.05. The number of hydrogen-bond donors (Lipinski definition) is 2. The van der Waals surface area contributed by atoms with Gasteiger partial charge in [-0.1, -0.05) is 18.2 Å². The summed E-state index contributed by atoms with van der Waals surface area (Å²) in [6.45, 7) is 0. The molecule has 4 aromatic rings. The molecule has 0 saturated heterocycles. The van der Waals surface area contributed by atoms with E-state index in [-0.39, 0.29) is 5.95 Å². The van der Waals surface area contributed by atoms with Crippen LogP contribution < -0.4 is 16.2 Å². The number of fused-ring (bicyclic) bond motifs is 4. The van der Waals surface area contributed by atoms with Crippen LogP contribution in [0.5, 0.6) is 5.75 Å². The second-order valence-corrected chi connectivity index (χ2v) is 5.05. The molecule has 0 bridgehead atoms. The zero-order valence-corrected chi connectivity index (χ0v) is 11.9. The minimum absolute atomic E-state index is 0.120. The van der Waals surface area contributed by atoms with Gasteiger partial charge in [-0.15, -0.1) is 0 Å². The Morgan fingerprint density at radius 2 is 1.64 bits per heavy atom. The van der Waals surface area contributed by atoms with E-state index in [2.05, 4.69) is 15.0 Å². The molecular weight excluding hydrogens is 278 g/mol. The highest BCUT2D eigenvalue weighted by atomic mass is 16.5. The molecule has 0 aliphatic carbocycles. The average Bonchev–Trinajstić information content (AvgIpc) is 2.52. The minimum Gasteiger partial charge on any atom is -0.497 e. The van der Waals surface area contributed by atoms with Gasteiger partial charge in [0, 0.05) is 10.8 Å². The van der Waals surface area contributed by atoms with Crippen molar-refractivity contribution in [3.63, 3.8) is 0 Å². The normalized spacial score (nSPS) is 11.3.